The van der Waals surface area contributed by atoms with E-state index in [-0.39, 0.29) is 11.4 Å². The molecule has 0 saturated heterocycles. The number of ether oxygens (including phenoxy) is 2. The van der Waals surface area contributed by atoms with Crippen molar-refractivity contribution in [2.75, 3.05) is 14.2 Å². The molecule has 0 fully saturated rings. The van der Waals surface area contributed by atoms with E-state index < -0.39 is 4.92 Å². The molecule has 0 N–H and O–H groups in total. The van der Waals surface area contributed by atoms with Gasteiger partial charge >= 0.3 is 5.69 Å². The van der Waals surface area contributed by atoms with Gasteiger partial charge in [-0.15, -0.1) is 12.6 Å². The summed E-state index contributed by atoms with van der Waals surface area (Å²) in [7, 11) is 2.76. The maximum Gasteiger partial charge on any atom is 0.315 e. The second-order valence-electron chi connectivity index (χ2n) is 2.46. The summed E-state index contributed by atoms with van der Waals surface area (Å²) in [5.41, 5.74) is -0.156. The van der Waals surface area contributed by atoms with E-state index in [1.54, 1.807) is 6.07 Å². The minimum absolute atomic E-state index is 0.107. The number of nitrogens with zero attached hydrogens (tertiary/aromatic N) is 1. The minimum atomic E-state index is -0.541. The Morgan fingerprint density at radius 3 is 2.43 bits per heavy atom. The van der Waals surface area contributed by atoms with Gasteiger partial charge in [0.05, 0.1) is 19.1 Å². The van der Waals surface area contributed by atoms with Gasteiger partial charge in [-0.05, 0) is 6.07 Å². The molecule has 0 heterocycles. The summed E-state index contributed by atoms with van der Waals surface area (Å²) in [5.74, 6) is 0.405. The first-order valence-electron chi connectivity index (χ1n) is 3.69. The van der Waals surface area contributed by atoms with Gasteiger partial charge in [0.1, 0.15) is 0 Å². The van der Waals surface area contributed by atoms with Crippen LogP contribution in [0.3, 0.4) is 0 Å². The van der Waals surface area contributed by atoms with E-state index in [0.29, 0.717) is 10.6 Å². The van der Waals surface area contributed by atoms with E-state index >= 15 is 0 Å². The van der Waals surface area contributed by atoms with Crippen LogP contribution in [0.15, 0.2) is 17.0 Å². The second kappa shape index (κ2) is 4.19. The molecule has 0 unspecified atom stereocenters. The molecule has 0 amide bonds. The number of hydrogen-bond donors (Lipinski definition) is 1. The predicted octanol–water partition coefficient (Wildman–Crippen LogP) is 1.90. The topological polar surface area (TPSA) is 61.6 Å². The summed E-state index contributed by atoms with van der Waals surface area (Å²) >= 11 is 4.02. The van der Waals surface area contributed by atoms with E-state index in [1.165, 1.54) is 20.3 Å². The van der Waals surface area contributed by atoms with E-state index in [0.717, 1.165) is 0 Å². The zero-order chi connectivity index (χ0) is 10.7. The molecule has 1 rings (SSSR count). The maximum atomic E-state index is 10.6. The molecule has 0 aliphatic heterocycles. The van der Waals surface area contributed by atoms with Crippen LogP contribution in [0.5, 0.6) is 11.5 Å². The van der Waals surface area contributed by atoms with Crippen molar-refractivity contribution < 1.29 is 14.4 Å². The lowest BCUT2D eigenvalue weighted by Crippen LogP contribution is -1.97. The van der Waals surface area contributed by atoms with E-state index in [1.807, 2.05) is 0 Å². The summed E-state index contributed by atoms with van der Waals surface area (Å²) in [5, 5.41) is 10.6. The van der Waals surface area contributed by atoms with Crippen molar-refractivity contribution in [3.05, 3.63) is 22.2 Å². The first-order valence-corrected chi connectivity index (χ1v) is 4.14. The van der Waals surface area contributed by atoms with E-state index in [2.05, 4.69) is 12.6 Å². The highest BCUT2D eigenvalue weighted by Gasteiger charge is 2.20. The Bertz CT molecular complexity index is 367. The highest BCUT2D eigenvalue weighted by molar-refractivity contribution is 7.80. The lowest BCUT2D eigenvalue weighted by atomic mass is 10.2. The first kappa shape index (κ1) is 10.6. The minimum Gasteiger partial charge on any atom is -0.493 e. The first-order chi connectivity index (χ1) is 6.60. The lowest BCUT2D eigenvalue weighted by molar-refractivity contribution is -0.386. The van der Waals surface area contributed by atoms with Gasteiger partial charge in [-0.25, -0.2) is 0 Å². The van der Waals surface area contributed by atoms with E-state index in [9.17, 15) is 10.1 Å². The van der Waals surface area contributed by atoms with Crippen molar-refractivity contribution in [2.24, 2.45) is 0 Å². The molecular formula is C8H9NO4S. The van der Waals surface area contributed by atoms with Gasteiger partial charge < -0.3 is 9.47 Å². The molecule has 0 aromatic heterocycles. The number of methoxy groups -OCH3 is 2. The Kier molecular flexibility index (Phi) is 3.19. The van der Waals surface area contributed by atoms with Crippen LogP contribution < -0.4 is 9.47 Å². The van der Waals surface area contributed by atoms with Crippen LogP contribution >= 0.6 is 12.6 Å². The summed E-state index contributed by atoms with van der Waals surface area (Å²) < 4.78 is 9.81. The molecule has 76 valence electrons. The maximum absolute atomic E-state index is 10.6. The number of hydrogen-bond acceptors (Lipinski definition) is 5. The monoisotopic (exact) mass is 215 g/mol. The van der Waals surface area contributed by atoms with Gasteiger partial charge in [0.15, 0.2) is 5.75 Å². The van der Waals surface area contributed by atoms with Crippen LogP contribution in [0.25, 0.3) is 0 Å². The van der Waals surface area contributed by atoms with Crippen molar-refractivity contribution in [1.82, 2.24) is 0 Å². The number of benzene rings is 1. The smallest absolute Gasteiger partial charge is 0.315 e. The third-order valence-electron chi connectivity index (χ3n) is 1.64. The van der Waals surface area contributed by atoms with E-state index in [4.69, 9.17) is 9.47 Å². The molecule has 14 heavy (non-hydrogen) atoms. The number of thiol groups is 1. The molecule has 6 heteroatoms. The molecular weight excluding hydrogens is 206 g/mol. The summed E-state index contributed by atoms with van der Waals surface area (Å²) in [4.78, 5) is 10.5. The Morgan fingerprint density at radius 2 is 2.00 bits per heavy atom. The number of nitro benzene ring substituents is 1. The number of nitro groups is 1. The SMILES string of the molecule is COc1cc(S)cc([N+](=O)[O-])c1OC. The molecule has 0 saturated carbocycles. The molecule has 1 aromatic carbocycles. The highest BCUT2D eigenvalue weighted by Crippen LogP contribution is 2.38. The van der Waals surface area contributed by atoms with Gasteiger partial charge in [0.2, 0.25) is 5.75 Å². The van der Waals surface area contributed by atoms with Gasteiger partial charge in [0.25, 0.3) is 0 Å². The van der Waals surface area contributed by atoms with Crippen LogP contribution in [0.1, 0.15) is 0 Å². The Morgan fingerprint density at radius 1 is 1.36 bits per heavy atom. The molecule has 5 nitrogen and oxygen atoms in total. The van der Waals surface area contributed by atoms with Crippen molar-refractivity contribution in [1.29, 1.82) is 0 Å². The quantitative estimate of drug-likeness (QED) is 0.475. The predicted molar refractivity (Wildman–Crippen MR) is 53.5 cm³/mol. The molecule has 0 aliphatic carbocycles. The Balaban J connectivity index is 3.39. The van der Waals surface area contributed by atoms with Crippen molar-refractivity contribution >= 4 is 18.3 Å². The molecule has 1 aromatic rings. The Hall–Kier alpha value is -1.43. The summed E-state index contributed by atoms with van der Waals surface area (Å²) in [6, 6.07) is 2.86. The van der Waals surface area contributed by atoms with Crippen LogP contribution in [0.2, 0.25) is 0 Å². The number of rotatable bonds is 3. The molecule has 0 bridgehead atoms. The van der Waals surface area contributed by atoms with Crippen molar-refractivity contribution in [3.63, 3.8) is 0 Å². The highest BCUT2D eigenvalue weighted by atomic mass is 32.1. The second-order valence-corrected chi connectivity index (χ2v) is 2.97. The third-order valence-corrected chi connectivity index (χ3v) is 1.90. The van der Waals surface area contributed by atoms with Gasteiger partial charge in [0, 0.05) is 11.0 Å². The van der Waals surface area contributed by atoms with Gasteiger partial charge in [-0.2, -0.15) is 0 Å². The normalized spacial score (nSPS) is 9.64. The molecule has 0 radical (unpaired) electrons. The third kappa shape index (κ3) is 1.90. The molecule has 0 aliphatic rings. The van der Waals surface area contributed by atoms with Crippen LogP contribution in [0, 0.1) is 10.1 Å². The zero-order valence-electron chi connectivity index (χ0n) is 7.68. The lowest BCUT2D eigenvalue weighted by Gasteiger charge is -2.07. The average molecular weight is 215 g/mol. The average Bonchev–Trinajstić information content (AvgIpc) is 2.16. The molecule has 0 spiro atoms. The van der Waals surface area contributed by atoms with Crippen molar-refractivity contribution in [2.45, 2.75) is 4.90 Å². The Labute approximate surface area is 86.2 Å². The fourth-order valence-corrected chi connectivity index (χ4v) is 1.31. The van der Waals surface area contributed by atoms with Crippen LogP contribution in [-0.2, 0) is 0 Å². The summed E-state index contributed by atoms with van der Waals surface area (Å²) in [6.45, 7) is 0. The fraction of sp³-hybridized carbons (Fsp3) is 0.250. The van der Waals surface area contributed by atoms with Gasteiger partial charge in [-0.1, -0.05) is 0 Å². The zero-order valence-corrected chi connectivity index (χ0v) is 8.58. The fourth-order valence-electron chi connectivity index (χ4n) is 1.07. The van der Waals surface area contributed by atoms with Crippen LogP contribution in [0.4, 0.5) is 5.69 Å². The summed E-state index contributed by atoms with van der Waals surface area (Å²) in [6.07, 6.45) is 0. The molecule has 0 atom stereocenters. The van der Waals surface area contributed by atoms with Gasteiger partial charge in [-0.3, -0.25) is 10.1 Å². The largest absolute Gasteiger partial charge is 0.493 e. The van der Waals surface area contributed by atoms with Crippen molar-refractivity contribution in [3.8, 4) is 11.5 Å². The van der Waals surface area contributed by atoms with Crippen LogP contribution in [-0.4, -0.2) is 19.1 Å². The standard InChI is InChI=1S/C8H9NO4S/c1-12-7-4-5(14)3-6(9(10)11)8(7)13-2/h3-4,14H,1-2H3.